The molecule has 1 N–H and O–H groups in total. The number of nitrogens with zero attached hydrogens (tertiary/aromatic N) is 6. The smallest absolute Gasteiger partial charge is 0.407 e. The maximum atomic E-state index is 12.0. The van der Waals surface area contributed by atoms with Crippen molar-refractivity contribution in [1.29, 1.82) is 0 Å². The van der Waals surface area contributed by atoms with E-state index in [2.05, 4.69) is 20.4 Å². The number of anilines is 1. The number of hydrogen-bond donors (Lipinski definition) is 1. The van der Waals surface area contributed by atoms with Crippen LogP contribution in [0.25, 0.3) is 16.8 Å². The van der Waals surface area contributed by atoms with Crippen molar-refractivity contribution in [2.24, 2.45) is 13.0 Å². The molecule has 0 spiro atoms. The second kappa shape index (κ2) is 7.97. The maximum absolute atomic E-state index is 12.0. The first-order chi connectivity index (χ1) is 14.3. The zero-order valence-electron chi connectivity index (χ0n) is 18.0. The molecule has 3 aromatic rings. The number of aryl methyl sites for hydroxylation is 1. The summed E-state index contributed by atoms with van der Waals surface area (Å²) in [6.07, 6.45) is 9.22. The van der Waals surface area contributed by atoms with Crippen LogP contribution in [-0.4, -0.2) is 55.7 Å². The quantitative estimate of drug-likeness (QED) is 0.710. The molecular formula is C21H29N7O2. The van der Waals surface area contributed by atoms with Gasteiger partial charge in [0.2, 0.25) is 0 Å². The van der Waals surface area contributed by atoms with Crippen molar-refractivity contribution >= 4 is 17.4 Å². The fourth-order valence-electron chi connectivity index (χ4n) is 3.80. The van der Waals surface area contributed by atoms with Crippen molar-refractivity contribution in [3.63, 3.8) is 0 Å². The molecule has 1 aliphatic heterocycles. The molecule has 1 unspecified atom stereocenters. The number of hydrogen-bond acceptors (Lipinski definition) is 6. The number of piperidine rings is 1. The Bertz CT molecular complexity index is 1030. The minimum atomic E-state index is -0.493. The van der Waals surface area contributed by atoms with E-state index in [4.69, 9.17) is 9.72 Å². The number of rotatable bonds is 4. The Labute approximate surface area is 176 Å². The molecule has 0 aliphatic carbocycles. The number of aromatic nitrogens is 5. The Morgan fingerprint density at radius 2 is 2.13 bits per heavy atom. The molecule has 1 saturated heterocycles. The van der Waals surface area contributed by atoms with E-state index in [-0.39, 0.29) is 6.09 Å². The lowest BCUT2D eigenvalue weighted by atomic mass is 9.98. The van der Waals surface area contributed by atoms with E-state index in [0.29, 0.717) is 12.5 Å². The van der Waals surface area contributed by atoms with Crippen LogP contribution in [0.3, 0.4) is 0 Å². The topological polar surface area (TPSA) is 89.6 Å². The summed E-state index contributed by atoms with van der Waals surface area (Å²) in [6, 6.07) is 1.98. The van der Waals surface area contributed by atoms with Crippen molar-refractivity contribution < 1.29 is 9.53 Å². The third-order valence-corrected chi connectivity index (χ3v) is 5.12. The number of nitrogens with one attached hydrogen (secondary N) is 1. The highest BCUT2D eigenvalue weighted by atomic mass is 16.6. The lowest BCUT2D eigenvalue weighted by Crippen LogP contribution is -2.42. The van der Waals surface area contributed by atoms with Gasteiger partial charge in [0.05, 0.1) is 24.3 Å². The van der Waals surface area contributed by atoms with Gasteiger partial charge in [-0.25, -0.2) is 14.3 Å². The molecule has 1 fully saturated rings. The van der Waals surface area contributed by atoms with E-state index in [0.717, 1.165) is 48.5 Å². The van der Waals surface area contributed by atoms with Crippen LogP contribution in [0.5, 0.6) is 0 Å². The lowest BCUT2D eigenvalue weighted by Gasteiger charge is -2.34. The second-order valence-electron chi connectivity index (χ2n) is 8.85. The van der Waals surface area contributed by atoms with E-state index < -0.39 is 5.60 Å². The number of carbonyl (C=O) groups excluding carboxylic acids is 1. The standard InChI is InChI=1S/C21H29N7O2/c1-21(2,3)30-20(29)22-10-15-6-5-9-27(12-15)19-18-7-8-23-28(18)14-17(25-19)16-11-24-26(4)13-16/h7-8,11,13-15H,5-6,9-10,12H2,1-4H3,(H,22,29). The van der Waals surface area contributed by atoms with Gasteiger partial charge >= 0.3 is 6.09 Å². The van der Waals surface area contributed by atoms with E-state index in [1.54, 1.807) is 10.9 Å². The summed E-state index contributed by atoms with van der Waals surface area (Å²) in [4.78, 5) is 19.3. The minimum Gasteiger partial charge on any atom is -0.444 e. The van der Waals surface area contributed by atoms with Crippen LogP contribution in [-0.2, 0) is 11.8 Å². The summed E-state index contributed by atoms with van der Waals surface area (Å²) in [7, 11) is 1.89. The molecule has 0 radical (unpaired) electrons. The molecule has 9 heteroatoms. The fourth-order valence-corrected chi connectivity index (χ4v) is 3.80. The van der Waals surface area contributed by atoms with Gasteiger partial charge in [0.25, 0.3) is 0 Å². The van der Waals surface area contributed by atoms with Gasteiger partial charge in [-0.3, -0.25) is 4.68 Å². The Kier molecular flexibility index (Phi) is 5.36. The number of ether oxygens (including phenoxy) is 1. The summed E-state index contributed by atoms with van der Waals surface area (Å²) < 4.78 is 8.99. The van der Waals surface area contributed by atoms with Gasteiger partial charge in [-0.05, 0) is 45.6 Å². The van der Waals surface area contributed by atoms with Crippen molar-refractivity contribution in [3.8, 4) is 11.3 Å². The zero-order valence-corrected chi connectivity index (χ0v) is 18.0. The highest BCUT2D eigenvalue weighted by Crippen LogP contribution is 2.28. The average Bonchev–Trinajstić information content (AvgIpc) is 3.33. The SMILES string of the molecule is Cn1cc(-c2cn3nccc3c(N3CCCC(CNC(=O)OC(C)(C)C)C3)n2)cn1. The number of amides is 1. The highest BCUT2D eigenvalue weighted by Gasteiger charge is 2.25. The molecule has 4 rings (SSSR count). The van der Waals surface area contributed by atoms with Crippen molar-refractivity contribution in [2.45, 2.75) is 39.2 Å². The molecule has 160 valence electrons. The summed E-state index contributed by atoms with van der Waals surface area (Å²) in [5, 5.41) is 11.6. The third kappa shape index (κ3) is 4.55. The molecule has 30 heavy (non-hydrogen) atoms. The molecule has 4 heterocycles. The average molecular weight is 412 g/mol. The van der Waals surface area contributed by atoms with Crippen LogP contribution >= 0.6 is 0 Å². The monoisotopic (exact) mass is 411 g/mol. The second-order valence-corrected chi connectivity index (χ2v) is 8.85. The molecule has 1 aliphatic rings. The summed E-state index contributed by atoms with van der Waals surface area (Å²) in [5.41, 5.74) is 2.27. The van der Waals surface area contributed by atoms with Crippen LogP contribution in [0.15, 0.2) is 30.9 Å². The van der Waals surface area contributed by atoms with Gasteiger partial charge in [0.15, 0.2) is 5.82 Å². The first-order valence-electron chi connectivity index (χ1n) is 10.3. The molecule has 1 amide bonds. The molecule has 3 aromatic heterocycles. The Morgan fingerprint density at radius 3 is 2.87 bits per heavy atom. The van der Waals surface area contributed by atoms with Crippen molar-refractivity contribution in [1.82, 2.24) is 29.7 Å². The van der Waals surface area contributed by atoms with E-state index in [9.17, 15) is 4.79 Å². The molecule has 9 nitrogen and oxygen atoms in total. The molecule has 0 saturated carbocycles. The maximum Gasteiger partial charge on any atom is 0.407 e. The van der Waals surface area contributed by atoms with Crippen LogP contribution in [0.1, 0.15) is 33.6 Å². The lowest BCUT2D eigenvalue weighted by molar-refractivity contribution is 0.0517. The Hall–Kier alpha value is -3.10. The summed E-state index contributed by atoms with van der Waals surface area (Å²) in [6.45, 7) is 7.93. The first kappa shape index (κ1) is 20.2. The molecule has 0 aromatic carbocycles. The highest BCUT2D eigenvalue weighted by molar-refractivity contribution is 5.73. The first-order valence-corrected chi connectivity index (χ1v) is 10.3. The van der Waals surface area contributed by atoms with Crippen LogP contribution in [0.4, 0.5) is 10.6 Å². The van der Waals surface area contributed by atoms with Gasteiger partial charge in [-0.1, -0.05) is 0 Å². The van der Waals surface area contributed by atoms with Gasteiger partial charge in [-0.2, -0.15) is 10.2 Å². The normalized spacial score (nSPS) is 17.3. The van der Waals surface area contributed by atoms with Gasteiger partial charge in [0, 0.05) is 38.4 Å². The number of alkyl carbamates (subject to hydrolysis) is 1. The van der Waals surface area contributed by atoms with E-state index >= 15 is 0 Å². The van der Waals surface area contributed by atoms with Crippen LogP contribution < -0.4 is 10.2 Å². The van der Waals surface area contributed by atoms with E-state index in [1.165, 1.54) is 0 Å². The predicted molar refractivity (Wildman–Crippen MR) is 114 cm³/mol. The number of carbonyl (C=O) groups is 1. The Balaban J connectivity index is 1.52. The van der Waals surface area contributed by atoms with E-state index in [1.807, 2.05) is 57.0 Å². The molecule has 1 atom stereocenters. The van der Waals surface area contributed by atoms with Gasteiger partial charge in [-0.15, -0.1) is 0 Å². The van der Waals surface area contributed by atoms with Gasteiger partial charge in [0.1, 0.15) is 11.1 Å². The zero-order chi connectivity index (χ0) is 21.3. The summed E-state index contributed by atoms with van der Waals surface area (Å²) >= 11 is 0. The minimum absolute atomic E-state index is 0.332. The van der Waals surface area contributed by atoms with Crippen molar-refractivity contribution in [2.75, 3.05) is 24.5 Å². The largest absolute Gasteiger partial charge is 0.444 e. The van der Waals surface area contributed by atoms with Crippen molar-refractivity contribution in [3.05, 3.63) is 30.9 Å². The van der Waals surface area contributed by atoms with Gasteiger partial charge < -0.3 is 15.0 Å². The fraction of sp³-hybridized carbons (Fsp3) is 0.524. The number of fused-ring (bicyclic) bond motifs is 1. The van der Waals surface area contributed by atoms with Crippen LogP contribution in [0, 0.1) is 5.92 Å². The summed E-state index contributed by atoms with van der Waals surface area (Å²) in [5.74, 6) is 1.24. The molecular weight excluding hydrogens is 382 g/mol. The molecule has 0 bridgehead atoms. The predicted octanol–water partition coefficient (Wildman–Crippen LogP) is 2.87. The van der Waals surface area contributed by atoms with Crippen LogP contribution in [0.2, 0.25) is 0 Å². The third-order valence-electron chi connectivity index (χ3n) is 5.12. The Morgan fingerprint density at radius 1 is 1.30 bits per heavy atom.